The minimum atomic E-state index is 0.430. The molecular formula is C16H21ClN2O. The van der Waals surface area contributed by atoms with Crippen molar-refractivity contribution in [2.75, 3.05) is 0 Å². The van der Waals surface area contributed by atoms with Crippen molar-refractivity contribution in [3.8, 4) is 5.75 Å². The van der Waals surface area contributed by atoms with Crippen molar-refractivity contribution in [1.29, 1.82) is 0 Å². The molecule has 0 aliphatic heterocycles. The van der Waals surface area contributed by atoms with E-state index in [1.165, 1.54) is 5.56 Å². The topological polar surface area (TPSA) is 27.1 Å². The molecule has 0 aliphatic rings. The largest absolute Gasteiger partial charge is 0.487 e. The van der Waals surface area contributed by atoms with Gasteiger partial charge in [-0.2, -0.15) is 5.10 Å². The third-order valence-corrected chi connectivity index (χ3v) is 3.85. The summed E-state index contributed by atoms with van der Waals surface area (Å²) < 4.78 is 7.87. The predicted octanol–water partition coefficient (Wildman–Crippen LogP) is 4.57. The van der Waals surface area contributed by atoms with Crippen molar-refractivity contribution < 1.29 is 4.74 Å². The maximum Gasteiger partial charge on any atom is 0.131 e. The lowest BCUT2D eigenvalue weighted by Crippen LogP contribution is -2.07. The van der Waals surface area contributed by atoms with Crippen LogP contribution in [0.15, 0.2) is 24.3 Å². The second kappa shape index (κ2) is 6.31. The highest BCUT2D eigenvalue weighted by atomic mass is 35.5. The fourth-order valence-corrected chi connectivity index (χ4v) is 2.43. The van der Waals surface area contributed by atoms with E-state index in [0.717, 1.165) is 23.7 Å². The number of hydrogen-bond acceptors (Lipinski definition) is 2. The van der Waals surface area contributed by atoms with E-state index in [2.05, 4.69) is 25.0 Å². The van der Waals surface area contributed by atoms with Gasteiger partial charge >= 0.3 is 0 Å². The number of nitrogens with zero attached hydrogens (tertiary/aromatic N) is 2. The third-order valence-electron chi connectivity index (χ3n) is 3.36. The Kier molecular flexibility index (Phi) is 4.71. The number of ether oxygens (including phenoxy) is 1. The molecule has 0 saturated carbocycles. The Balaban J connectivity index is 2.21. The number of rotatable bonds is 5. The lowest BCUT2D eigenvalue weighted by atomic mass is 10.0. The van der Waals surface area contributed by atoms with Crippen LogP contribution in [0.5, 0.6) is 5.75 Å². The van der Waals surface area contributed by atoms with E-state index in [1.54, 1.807) is 0 Å². The Hall–Kier alpha value is -1.48. The SMILES string of the molecule is CCn1nc(C)c(Cl)c1COc1ccccc1C(C)C. The molecule has 0 atom stereocenters. The molecule has 0 amide bonds. The van der Waals surface area contributed by atoms with Gasteiger partial charge in [0.15, 0.2) is 0 Å². The zero-order valence-electron chi connectivity index (χ0n) is 12.5. The number of halogens is 1. The van der Waals surface area contributed by atoms with Crippen LogP contribution < -0.4 is 4.74 Å². The van der Waals surface area contributed by atoms with Gasteiger partial charge in [-0.15, -0.1) is 0 Å². The van der Waals surface area contributed by atoms with Gasteiger partial charge in [0.1, 0.15) is 12.4 Å². The first kappa shape index (κ1) is 14.9. The van der Waals surface area contributed by atoms with Gasteiger partial charge in [-0.05, 0) is 31.4 Å². The molecule has 3 nitrogen and oxygen atoms in total. The monoisotopic (exact) mass is 292 g/mol. The smallest absolute Gasteiger partial charge is 0.131 e. The molecule has 2 aromatic rings. The predicted molar refractivity (Wildman–Crippen MR) is 82.5 cm³/mol. The molecule has 0 saturated heterocycles. The molecule has 0 unspecified atom stereocenters. The highest BCUT2D eigenvalue weighted by Crippen LogP contribution is 2.28. The van der Waals surface area contributed by atoms with Crippen molar-refractivity contribution in [2.24, 2.45) is 0 Å². The van der Waals surface area contributed by atoms with Crippen molar-refractivity contribution in [3.63, 3.8) is 0 Å². The quantitative estimate of drug-likeness (QED) is 0.807. The second-order valence-electron chi connectivity index (χ2n) is 5.14. The summed E-state index contributed by atoms with van der Waals surface area (Å²) in [6, 6.07) is 8.13. The van der Waals surface area contributed by atoms with Crippen LogP contribution in [-0.2, 0) is 13.2 Å². The summed E-state index contributed by atoms with van der Waals surface area (Å²) in [5.41, 5.74) is 3.00. The van der Waals surface area contributed by atoms with E-state index in [0.29, 0.717) is 17.5 Å². The van der Waals surface area contributed by atoms with Crippen LogP contribution in [0.3, 0.4) is 0 Å². The second-order valence-corrected chi connectivity index (χ2v) is 5.52. The zero-order valence-corrected chi connectivity index (χ0v) is 13.2. The van der Waals surface area contributed by atoms with Crippen molar-refractivity contribution in [2.45, 2.75) is 46.8 Å². The van der Waals surface area contributed by atoms with Crippen molar-refractivity contribution in [3.05, 3.63) is 46.2 Å². The zero-order chi connectivity index (χ0) is 14.7. The first-order valence-electron chi connectivity index (χ1n) is 6.98. The van der Waals surface area contributed by atoms with Gasteiger partial charge in [-0.25, -0.2) is 0 Å². The number of hydrogen-bond donors (Lipinski definition) is 0. The molecule has 0 fully saturated rings. The van der Waals surface area contributed by atoms with Gasteiger partial charge in [-0.1, -0.05) is 43.6 Å². The fraction of sp³-hybridized carbons (Fsp3) is 0.438. The molecule has 1 aromatic heterocycles. The van der Waals surface area contributed by atoms with Gasteiger partial charge in [0.25, 0.3) is 0 Å². The maximum atomic E-state index is 6.30. The van der Waals surface area contributed by atoms with E-state index in [9.17, 15) is 0 Å². The average Bonchev–Trinajstić information content (AvgIpc) is 2.72. The number of aromatic nitrogens is 2. The van der Waals surface area contributed by atoms with Gasteiger partial charge in [0, 0.05) is 6.54 Å². The number of benzene rings is 1. The molecule has 1 heterocycles. The highest BCUT2D eigenvalue weighted by Gasteiger charge is 2.14. The molecule has 0 bridgehead atoms. The number of aryl methyl sites for hydroxylation is 2. The minimum absolute atomic E-state index is 0.430. The summed E-state index contributed by atoms with van der Waals surface area (Å²) in [5, 5.41) is 5.11. The van der Waals surface area contributed by atoms with Crippen LogP contribution in [0.2, 0.25) is 5.02 Å². The van der Waals surface area contributed by atoms with Gasteiger partial charge in [0.05, 0.1) is 16.4 Å². The first-order chi connectivity index (χ1) is 9.54. The van der Waals surface area contributed by atoms with Crippen molar-refractivity contribution >= 4 is 11.6 Å². The molecule has 108 valence electrons. The normalized spacial score (nSPS) is 11.1. The lowest BCUT2D eigenvalue weighted by molar-refractivity contribution is 0.288. The molecule has 2 rings (SSSR count). The third kappa shape index (κ3) is 2.98. The summed E-state index contributed by atoms with van der Waals surface area (Å²) in [6.07, 6.45) is 0. The summed E-state index contributed by atoms with van der Waals surface area (Å²) in [5.74, 6) is 1.35. The molecule has 0 radical (unpaired) electrons. The highest BCUT2D eigenvalue weighted by molar-refractivity contribution is 6.31. The van der Waals surface area contributed by atoms with E-state index in [4.69, 9.17) is 16.3 Å². The fourth-order valence-electron chi connectivity index (χ4n) is 2.24. The van der Waals surface area contributed by atoms with Crippen LogP contribution in [0, 0.1) is 6.92 Å². The standard InChI is InChI=1S/C16H21ClN2O/c1-5-19-14(16(17)12(4)18-19)10-20-15-9-7-6-8-13(15)11(2)3/h6-9,11H,5,10H2,1-4H3. The lowest BCUT2D eigenvalue weighted by Gasteiger charge is -2.14. The summed E-state index contributed by atoms with van der Waals surface area (Å²) in [4.78, 5) is 0. The van der Waals surface area contributed by atoms with Gasteiger partial charge in [0.2, 0.25) is 0 Å². The van der Waals surface area contributed by atoms with Gasteiger partial charge in [-0.3, -0.25) is 4.68 Å². The molecule has 0 aliphatic carbocycles. The van der Waals surface area contributed by atoms with Crippen molar-refractivity contribution in [1.82, 2.24) is 9.78 Å². The van der Waals surface area contributed by atoms with Gasteiger partial charge < -0.3 is 4.74 Å². The summed E-state index contributed by atoms with van der Waals surface area (Å²) >= 11 is 6.30. The first-order valence-corrected chi connectivity index (χ1v) is 7.35. The molecule has 1 aromatic carbocycles. The molecular weight excluding hydrogens is 272 g/mol. The molecule has 4 heteroatoms. The Labute approximate surface area is 125 Å². The summed E-state index contributed by atoms with van der Waals surface area (Å²) in [6.45, 7) is 9.52. The van der Waals surface area contributed by atoms with Crippen LogP contribution in [-0.4, -0.2) is 9.78 Å². The Morgan fingerprint density at radius 3 is 2.65 bits per heavy atom. The van der Waals surface area contributed by atoms with Crippen LogP contribution in [0.25, 0.3) is 0 Å². The van der Waals surface area contributed by atoms with E-state index < -0.39 is 0 Å². The molecule has 0 spiro atoms. The van der Waals surface area contributed by atoms with Crippen LogP contribution in [0.1, 0.15) is 43.6 Å². The van der Waals surface area contributed by atoms with E-state index in [1.807, 2.05) is 36.7 Å². The Morgan fingerprint density at radius 1 is 1.30 bits per heavy atom. The van der Waals surface area contributed by atoms with Crippen LogP contribution in [0.4, 0.5) is 0 Å². The van der Waals surface area contributed by atoms with Crippen LogP contribution >= 0.6 is 11.6 Å². The summed E-state index contributed by atoms with van der Waals surface area (Å²) in [7, 11) is 0. The number of para-hydroxylation sites is 1. The molecule has 20 heavy (non-hydrogen) atoms. The Morgan fingerprint density at radius 2 is 2.00 bits per heavy atom. The average molecular weight is 293 g/mol. The Bertz CT molecular complexity index is 590. The molecule has 0 N–H and O–H groups in total. The minimum Gasteiger partial charge on any atom is -0.487 e. The maximum absolute atomic E-state index is 6.30. The van der Waals surface area contributed by atoms with E-state index in [-0.39, 0.29) is 0 Å². The van der Waals surface area contributed by atoms with E-state index >= 15 is 0 Å².